The van der Waals surface area contributed by atoms with Crippen molar-refractivity contribution >= 4 is 0 Å². The molecule has 0 radical (unpaired) electrons. The molecule has 0 spiro atoms. The second-order valence-electron chi connectivity index (χ2n) is 6.90. The molecule has 0 saturated heterocycles. The molecule has 0 aromatic rings. The quantitative estimate of drug-likeness (QED) is 0.244. The molecule has 24 heavy (non-hydrogen) atoms. The average Bonchev–Trinajstić information content (AvgIpc) is 2.46. The third kappa shape index (κ3) is 14.0. The van der Waals surface area contributed by atoms with Crippen molar-refractivity contribution in [3.05, 3.63) is 6.92 Å². The van der Waals surface area contributed by atoms with Gasteiger partial charge in [0.25, 0.3) is 0 Å². The first-order valence-electron chi connectivity index (χ1n) is 9.16. The molecule has 0 bridgehead atoms. The Morgan fingerprint density at radius 3 is 1.33 bits per heavy atom. The molecule has 0 aliphatic rings. The highest BCUT2D eigenvalue weighted by Crippen LogP contribution is 2.16. The van der Waals surface area contributed by atoms with Crippen LogP contribution >= 0.6 is 0 Å². The van der Waals surface area contributed by atoms with E-state index < -0.39 is 36.6 Å². The number of rotatable bonds is 15. The zero-order valence-electron chi connectivity index (χ0n) is 14.9. The summed E-state index contributed by atoms with van der Waals surface area (Å²) >= 11 is 0. The predicted molar refractivity (Wildman–Crippen MR) is 93.2 cm³/mol. The summed E-state index contributed by atoms with van der Waals surface area (Å²) in [5, 5.41) is 57.8. The molecular formula is C18H37O6+. The standard InChI is InChI=1S/C18H37O6/c1-3-14(20)10-15(21)8-5-9-17(23)12-18(24)11-16(22)7-4-6-13(2)19/h13-24H,2-12H2,1H3/q+1/t13-,14?,15?,16?,17?,18?/m0/s1. The monoisotopic (exact) mass is 349 g/mol. The fraction of sp³-hybridized carbons (Fsp3) is 0.944. The summed E-state index contributed by atoms with van der Waals surface area (Å²) in [7, 11) is 0. The van der Waals surface area contributed by atoms with E-state index in [9.17, 15) is 25.5 Å². The lowest BCUT2D eigenvalue weighted by atomic mass is 9.97. The van der Waals surface area contributed by atoms with E-state index in [0.717, 1.165) is 0 Å². The topological polar surface area (TPSA) is 121 Å². The lowest BCUT2D eigenvalue weighted by Crippen LogP contribution is -2.23. The Labute approximate surface area is 146 Å². The summed E-state index contributed by atoms with van der Waals surface area (Å²) in [4.78, 5) is 0. The van der Waals surface area contributed by atoms with Gasteiger partial charge in [0.05, 0.1) is 37.4 Å². The summed E-state index contributed by atoms with van der Waals surface area (Å²) in [6, 6.07) is 0. The fourth-order valence-electron chi connectivity index (χ4n) is 2.74. The molecule has 0 aromatic heterocycles. The van der Waals surface area contributed by atoms with Gasteiger partial charge in [-0.25, -0.2) is 0 Å². The van der Waals surface area contributed by atoms with Crippen molar-refractivity contribution in [2.75, 3.05) is 0 Å². The Morgan fingerprint density at radius 1 is 0.583 bits per heavy atom. The first kappa shape index (κ1) is 23.6. The molecule has 0 fully saturated rings. The highest BCUT2D eigenvalue weighted by molar-refractivity contribution is 4.70. The van der Waals surface area contributed by atoms with Gasteiger partial charge in [-0.2, -0.15) is 0 Å². The minimum atomic E-state index is -0.772. The van der Waals surface area contributed by atoms with Crippen molar-refractivity contribution in [2.45, 2.75) is 108 Å². The van der Waals surface area contributed by atoms with Crippen molar-refractivity contribution in [1.82, 2.24) is 0 Å². The molecule has 0 rings (SSSR count). The first-order valence-corrected chi connectivity index (χ1v) is 9.16. The van der Waals surface area contributed by atoms with Crippen molar-refractivity contribution in [3.8, 4) is 0 Å². The van der Waals surface area contributed by atoms with Gasteiger partial charge < -0.3 is 30.6 Å². The van der Waals surface area contributed by atoms with Crippen molar-refractivity contribution < 1.29 is 30.6 Å². The van der Waals surface area contributed by atoms with Gasteiger partial charge in [-0.1, -0.05) is 6.92 Å². The second-order valence-corrected chi connectivity index (χ2v) is 6.90. The molecule has 0 aromatic carbocycles. The molecule has 0 aliphatic carbocycles. The SMILES string of the molecule is [CH2+][C@H](O)CCCC(O)CC(O)CC(O)CCCC(O)CC(O)CC. The summed E-state index contributed by atoms with van der Waals surface area (Å²) in [6.07, 6.45) is 0.850. The summed E-state index contributed by atoms with van der Waals surface area (Å²) in [5.74, 6) is 0. The zero-order valence-corrected chi connectivity index (χ0v) is 14.9. The van der Waals surface area contributed by atoms with Crippen LogP contribution in [-0.2, 0) is 0 Å². The molecule has 0 saturated carbocycles. The zero-order chi connectivity index (χ0) is 18.5. The van der Waals surface area contributed by atoms with E-state index in [1.807, 2.05) is 6.92 Å². The van der Waals surface area contributed by atoms with Crippen LogP contribution in [0, 0.1) is 6.92 Å². The highest BCUT2D eigenvalue weighted by Gasteiger charge is 2.17. The van der Waals surface area contributed by atoms with Gasteiger partial charge in [0.1, 0.15) is 0 Å². The van der Waals surface area contributed by atoms with Crippen LogP contribution in [0.2, 0.25) is 0 Å². The van der Waals surface area contributed by atoms with Crippen LogP contribution in [-0.4, -0.2) is 67.3 Å². The molecule has 5 unspecified atom stereocenters. The molecule has 6 atom stereocenters. The van der Waals surface area contributed by atoms with Crippen molar-refractivity contribution in [1.29, 1.82) is 0 Å². The van der Waals surface area contributed by atoms with Crippen molar-refractivity contribution in [3.63, 3.8) is 0 Å². The van der Waals surface area contributed by atoms with Crippen LogP contribution in [0.25, 0.3) is 0 Å². The molecular weight excluding hydrogens is 312 g/mol. The smallest absolute Gasteiger partial charge is 0.192 e. The molecule has 144 valence electrons. The third-order valence-corrected chi connectivity index (χ3v) is 4.25. The molecule has 6 heteroatoms. The predicted octanol–water partition coefficient (Wildman–Crippen LogP) is 0.907. The van der Waals surface area contributed by atoms with Crippen LogP contribution in [0.3, 0.4) is 0 Å². The van der Waals surface area contributed by atoms with Crippen LogP contribution in [0.15, 0.2) is 0 Å². The minimum absolute atomic E-state index is 0.197. The van der Waals surface area contributed by atoms with Crippen LogP contribution in [0.1, 0.15) is 71.1 Å². The molecule has 6 N–H and O–H groups in total. The Hall–Kier alpha value is -0.370. The average molecular weight is 349 g/mol. The van der Waals surface area contributed by atoms with Gasteiger partial charge in [-0.05, 0) is 57.8 Å². The van der Waals surface area contributed by atoms with Gasteiger partial charge >= 0.3 is 0 Å². The van der Waals surface area contributed by atoms with Crippen LogP contribution in [0.4, 0.5) is 0 Å². The summed E-state index contributed by atoms with van der Waals surface area (Å²) < 4.78 is 0. The van der Waals surface area contributed by atoms with Gasteiger partial charge in [0.2, 0.25) is 0 Å². The molecule has 0 aliphatic heterocycles. The Balaban J connectivity index is 3.76. The number of hydrogen-bond acceptors (Lipinski definition) is 6. The normalized spacial score (nSPS) is 19.5. The molecule has 0 heterocycles. The lowest BCUT2D eigenvalue weighted by Gasteiger charge is -2.19. The Kier molecular flexibility index (Phi) is 13.7. The van der Waals surface area contributed by atoms with Gasteiger partial charge in [0, 0.05) is 6.42 Å². The highest BCUT2D eigenvalue weighted by atomic mass is 16.3. The Morgan fingerprint density at radius 2 is 0.958 bits per heavy atom. The summed E-state index contributed by atoms with van der Waals surface area (Å²) in [5.41, 5.74) is 0. The van der Waals surface area contributed by atoms with Gasteiger partial charge in [-0.15, -0.1) is 0 Å². The number of aliphatic hydroxyl groups is 6. The van der Waals surface area contributed by atoms with Crippen molar-refractivity contribution in [2.24, 2.45) is 0 Å². The van der Waals surface area contributed by atoms with E-state index in [0.29, 0.717) is 51.4 Å². The number of hydrogen-bond donors (Lipinski definition) is 6. The molecule has 6 nitrogen and oxygen atoms in total. The van der Waals surface area contributed by atoms with E-state index in [1.165, 1.54) is 0 Å². The van der Waals surface area contributed by atoms with E-state index in [4.69, 9.17) is 5.11 Å². The maximum Gasteiger partial charge on any atom is 0.192 e. The fourth-order valence-corrected chi connectivity index (χ4v) is 2.74. The maximum absolute atomic E-state index is 9.91. The van der Waals surface area contributed by atoms with E-state index >= 15 is 0 Å². The second kappa shape index (κ2) is 13.9. The largest absolute Gasteiger partial charge is 0.393 e. The van der Waals surface area contributed by atoms with E-state index in [-0.39, 0.29) is 12.8 Å². The minimum Gasteiger partial charge on any atom is -0.393 e. The lowest BCUT2D eigenvalue weighted by molar-refractivity contribution is 0.0304. The first-order chi connectivity index (χ1) is 11.2. The van der Waals surface area contributed by atoms with E-state index in [1.54, 1.807) is 0 Å². The Bertz CT molecular complexity index is 287. The summed E-state index contributed by atoms with van der Waals surface area (Å²) in [6.45, 7) is 5.32. The van der Waals surface area contributed by atoms with Gasteiger partial charge in [0.15, 0.2) is 6.10 Å². The maximum atomic E-state index is 9.91. The van der Waals surface area contributed by atoms with Crippen LogP contribution < -0.4 is 0 Å². The van der Waals surface area contributed by atoms with Crippen LogP contribution in [0.5, 0.6) is 0 Å². The third-order valence-electron chi connectivity index (χ3n) is 4.25. The van der Waals surface area contributed by atoms with Gasteiger partial charge in [-0.3, -0.25) is 0 Å². The molecule has 0 amide bonds. The van der Waals surface area contributed by atoms with E-state index in [2.05, 4.69) is 6.92 Å². The number of aliphatic hydroxyl groups excluding tert-OH is 6.